The monoisotopic (exact) mass is 346 g/mol. The molecule has 0 saturated carbocycles. The number of aromatic nitrogens is 2. The van der Waals surface area contributed by atoms with Gasteiger partial charge in [0.2, 0.25) is 11.8 Å². The SMILES string of the molecule is Cc1ccc2[nH]c(CNC(=O)[C@@H]3CSC(C)(C)C(=O)N3)nc2c1C. The Hall–Kier alpha value is -2.02. The third-order valence-electron chi connectivity index (χ3n) is 4.44. The number of fused-ring (bicyclic) bond motifs is 1. The summed E-state index contributed by atoms with van der Waals surface area (Å²) in [6.07, 6.45) is 0. The number of benzene rings is 1. The minimum absolute atomic E-state index is 0.103. The molecule has 0 radical (unpaired) electrons. The lowest BCUT2D eigenvalue weighted by molar-refractivity contribution is -0.129. The summed E-state index contributed by atoms with van der Waals surface area (Å²) in [4.78, 5) is 32.0. The number of imidazole rings is 1. The molecule has 24 heavy (non-hydrogen) atoms. The summed E-state index contributed by atoms with van der Waals surface area (Å²) in [5.74, 6) is 0.999. The fourth-order valence-electron chi connectivity index (χ4n) is 2.61. The summed E-state index contributed by atoms with van der Waals surface area (Å²) >= 11 is 1.50. The molecule has 1 aromatic heterocycles. The van der Waals surface area contributed by atoms with Gasteiger partial charge in [0, 0.05) is 5.75 Å². The van der Waals surface area contributed by atoms with Crippen molar-refractivity contribution in [2.75, 3.05) is 5.75 Å². The van der Waals surface area contributed by atoms with Crippen LogP contribution in [0.2, 0.25) is 0 Å². The first-order valence-electron chi connectivity index (χ1n) is 7.95. The van der Waals surface area contributed by atoms with E-state index in [0.29, 0.717) is 18.1 Å². The first-order chi connectivity index (χ1) is 11.3. The van der Waals surface area contributed by atoms with Crippen LogP contribution in [0, 0.1) is 13.8 Å². The van der Waals surface area contributed by atoms with Crippen molar-refractivity contribution in [3.8, 4) is 0 Å². The smallest absolute Gasteiger partial charge is 0.243 e. The number of rotatable bonds is 3. The molecule has 128 valence electrons. The van der Waals surface area contributed by atoms with Gasteiger partial charge in [-0.2, -0.15) is 0 Å². The van der Waals surface area contributed by atoms with Gasteiger partial charge in [-0.15, -0.1) is 11.8 Å². The molecule has 1 aromatic carbocycles. The zero-order valence-corrected chi connectivity index (χ0v) is 15.1. The number of carbonyl (C=O) groups excluding carboxylic acids is 2. The van der Waals surface area contributed by atoms with E-state index in [1.54, 1.807) is 0 Å². The highest BCUT2D eigenvalue weighted by Gasteiger charge is 2.37. The second-order valence-corrected chi connectivity index (χ2v) is 8.29. The van der Waals surface area contributed by atoms with E-state index in [9.17, 15) is 9.59 Å². The van der Waals surface area contributed by atoms with Gasteiger partial charge < -0.3 is 15.6 Å². The molecule has 1 fully saturated rings. The topological polar surface area (TPSA) is 86.9 Å². The van der Waals surface area contributed by atoms with Gasteiger partial charge in [-0.3, -0.25) is 9.59 Å². The molecule has 7 heteroatoms. The minimum atomic E-state index is -0.496. The molecule has 1 aliphatic heterocycles. The third kappa shape index (κ3) is 3.13. The van der Waals surface area contributed by atoms with Crippen LogP contribution in [-0.2, 0) is 16.1 Å². The van der Waals surface area contributed by atoms with Gasteiger partial charge in [-0.1, -0.05) is 6.07 Å². The van der Waals surface area contributed by atoms with Crippen molar-refractivity contribution in [3.05, 3.63) is 29.1 Å². The Kier molecular flexibility index (Phi) is 4.29. The van der Waals surface area contributed by atoms with Crippen LogP contribution in [0.5, 0.6) is 0 Å². The van der Waals surface area contributed by atoms with Gasteiger partial charge in [0.1, 0.15) is 11.9 Å². The van der Waals surface area contributed by atoms with Gasteiger partial charge in [-0.05, 0) is 44.9 Å². The van der Waals surface area contributed by atoms with Crippen molar-refractivity contribution < 1.29 is 9.59 Å². The predicted molar refractivity (Wildman–Crippen MR) is 95.9 cm³/mol. The average Bonchev–Trinajstić information content (AvgIpc) is 2.95. The molecular formula is C17H22N4O2S. The van der Waals surface area contributed by atoms with Crippen molar-refractivity contribution in [2.45, 2.75) is 45.0 Å². The third-order valence-corrected chi connectivity index (χ3v) is 5.84. The van der Waals surface area contributed by atoms with Gasteiger partial charge in [-0.25, -0.2) is 4.98 Å². The van der Waals surface area contributed by atoms with E-state index in [2.05, 4.69) is 33.6 Å². The quantitative estimate of drug-likeness (QED) is 0.791. The maximum absolute atomic E-state index is 12.3. The fourth-order valence-corrected chi connectivity index (χ4v) is 3.62. The molecule has 0 unspecified atom stereocenters. The van der Waals surface area contributed by atoms with E-state index in [4.69, 9.17) is 0 Å². The van der Waals surface area contributed by atoms with Crippen LogP contribution in [0.25, 0.3) is 11.0 Å². The Bertz CT molecular complexity index is 812. The zero-order chi connectivity index (χ0) is 17.5. The summed E-state index contributed by atoms with van der Waals surface area (Å²) in [5.41, 5.74) is 4.22. The maximum Gasteiger partial charge on any atom is 0.243 e. The molecule has 2 heterocycles. The van der Waals surface area contributed by atoms with Crippen LogP contribution in [0.4, 0.5) is 0 Å². The molecule has 6 nitrogen and oxygen atoms in total. The Balaban J connectivity index is 1.65. The lowest BCUT2D eigenvalue weighted by Gasteiger charge is -2.32. The van der Waals surface area contributed by atoms with E-state index < -0.39 is 10.8 Å². The van der Waals surface area contributed by atoms with Crippen molar-refractivity contribution >= 4 is 34.6 Å². The van der Waals surface area contributed by atoms with E-state index >= 15 is 0 Å². The number of hydrogen-bond donors (Lipinski definition) is 3. The molecule has 0 aliphatic carbocycles. The number of aromatic amines is 1. The van der Waals surface area contributed by atoms with Gasteiger partial charge in [0.05, 0.1) is 22.3 Å². The highest BCUT2D eigenvalue weighted by molar-refractivity contribution is 8.01. The number of aryl methyl sites for hydroxylation is 2. The van der Waals surface area contributed by atoms with E-state index in [0.717, 1.165) is 16.6 Å². The average molecular weight is 346 g/mol. The molecule has 1 aliphatic rings. The summed E-state index contributed by atoms with van der Waals surface area (Å²) < 4.78 is -0.481. The van der Waals surface area contributed by atoms with Crippen molar-refractivity contribution in [2.24, 2.45) is 0 Å². The summed E-state index contributed by atoms with van der Waals surface area (Å²) in [6.45, 7) is 8.12. The number of nitrogens with zero attached hydrogens (tertiary/aromatic N) is 1. The van der Waals surface area contributed by atoms with Crippen LogP contribution >= 0.6 is 11.8 Å². The lowest BCUT2D eigenvalue weighted by Crippen LogP contribution is -2.57. The zero-order valence-electron chi connectivity index (χ0n) is 14.3. The first kappa shape index (κ1) is 16.8. The number of amides is 2. The summed E-state index contributed by atoms with van der Waals surface area (Å²) in [5, 5.41) is 5.63. The number of hydrogen-bond acceptors (Lipinski definition) is 4. The Labute approximate surface area is 145 Å². The van der Waals surface area contributed by atoms with E-state index in [1.807, 2.05) is 26.8 Å². The van der Waals surface area contributed by atoms with Gasteiger partial charge in [0.15, 0.2) is 0 Å². The molecule has 2 aromatic rings. The molecule has 3 rings (SSSR count). The molecular weight excluding hydrogens is 324 g/mol. The van der Waals surface area contributed by atoms with Crippen LogP contribution in [0.1, 0.15) is 30.8 Å². The standard InChI is InChI=1S/C17H22N4O2S/c1-9-5-6-11-14(10(9)2)21-13(19-11)7-18-15(22)12-8-24-17(3,4)16(23)20-12/h5-6,12H,7-8H2,1-4H3,(H,18,22)(H,19,21)(H,20,23)/t12-/m0/s1. The van der Waals surface area contributed by atoms with E-state index in [1.165, 1.54) is 17.3 Å². The molecule has 1 saturated heterocycles. The first-order valence-corrected chi connectivity index (χ1v) is 8.94. The van der Waals surface area contributed by atoms with Crippen LogP contribution < -0.4 is 10.6 Å². The van der Waals surface area contributed by atoms with Crippen LogP contribution in [-0.4, -0.2) is 38.3 Å². The highest BCUT2D eigenvalue weighted by atomic mass is 32.2. The number of H-pyrrole nitrogens is 1. The molecule has 0 bridgehead atoms. The van der Waals surface area contributed by atoms with Crippen LogP contribution in [0.15, 0.2) is 12.1 Å². The molecule has 0 spiro atoms. The maximum atomic E-state index is 12.3. The number of nitrogens with one attached hydrogen (secondary N) is 3. The Morgan fingerprint density at radius 3 is 2.88 bits per heavy atom. The van der Waals surface area contributed by atoms with E-state index in [-0.39, 0.29) is 11.8 Å². The number of thioether (sulfide) groups is 1. The Morgan fingerprint density at radius 1 is 1.42 bits per heavy atom. The minimum Gasteiger partial charge on any atom is -0.347 e. The summed E-state index contributed by atoms with van der Waals surface area (Å²) in [6, 6.07) is 3.55. The largest absolute Gasteiger partial charge is 0.347 e. The van der Waals surface area contributed by atoms with Crippen molar-refractivity contribution in [3.63, 3.8) is 0 Å². The number of carbonyl (C=O) groups is 2. The van der Waals surface area contributed by atoms with Gasteiger partial charge >= 0.3 is 0 Å². The molecule has 3 N–H and O–H groups in total. The second kappa shape index (κ2) is 6.12. The lowest BCUT2D eigenvalue weighted by atomic mass is 10.1. The molecule has 2 amide bonds. The Morgan fingerprint density at radius 2 is 2.17 bits per heavy atom. The predicted octanol–water partition coefficient (Wildman–Crippen LogP) is 1.81. The normalized spacial score (nSPS) is 20.0. The second-order valence-electron chi connectivity index (χ2n) is 6.65. The molecule has 1 atom stereocenters. The summed E-state index contributed by atoms with van der Waals surface area (Å²) in [7, 11) is 0. The fraction of sp³-hybridized carbons (Fsp3) is 0.471. The highest BCUT2D eigenvalue weighted by Crippen LogP contribution is 2.29. The van der Waals surface area contributed by atoms with Crippen LogP contribution in [0.3, 0.4) is 0 Å². The van der Waals surface area contributed by atoms with Gasteiger partial charge in [0.25, 0.3) is 0 Å². The van der Waals surface area contributed by atoms with Crippen molar-refractivity contribution in [1.82, 2.24) is 20.6 Å². The van der Waals surface area contributed by atoms with Crippen molar-refractivity contribution in [1.29, 1.82) is 0 Å².